The van der Waals surface area contributed by atoms with Crippen molar-refractivity contribution in [2.45, 2.75) is 5.41 Å². The Labute approximate surface area is 383 Å². The van der Waals surface area contributed by atoms with Crippen LogP contribution >= 0.6 is 0 Å². The highest BCUT2D eigenvalue weighted by Gasteiger charge is 2.54. The zero-order valence-electron chi connectivity index (χ0n) is 35.7. The van der Waals surface area contributed by atoms with Crippen LogP contribution in [-0.2, 0) is 5.41 Å². The standard InChI is InChI=1S/C60H34N6O/c61-34-36-26-29-53-44(31-36)43-17-5-8-21-50(43)65(53)38-32-47-59(63-35-38)58-46(18-12-30-62-58)60(47)45-28-27-37(64-48-19-6-1-13-39(48)40-14-2-7-20-49(40)64)33-56(45)67-55-25-11-24-54(57(55)60)66-51-22-9-3-15-41(51)42-16-4-10-23-52(42)66/h1-33,35H. The molecule has 0 saturated heterocycles. The second-order valence-electron chi connectivity index (χ2n) is 17.6. The molecule has 0 N–H and O–H groups in total. The summed E-state index contributed by atoms with van der Waals surface area (Å²) in [6, 6.07) is 71.2. The van der Waals surface area contributed by atoms with Crippen molar-refractivity contribution in [3.8, 4) is 46.0 Å². The van der Waals surface area contributed by atoms with Crippen molar-refractivity contribution < 1.29 is 4.74 Å². The molecule has 7 heteroatoms. The minimum Gasteiger partial charge on any atom is -0.457 e. The van der Waals surface area contributed by atoms with E-state index in [1.807, 2.05) is 24.5 Å². The second-order valence-corrected chi connectivity index (χ2v) is 17.6. The SMILES string of the molecule is N#Cc1ccc2c(c1)c1ccccc1n2-c1cnc2c(c1)C1(c3ccc(-n4c5ccccc5c5ccccc54)cc3Oc3cccc(-n4c5ccccc5c5ccccc54)c31)c1cccnc1-2. The first kappa shape index (κ1) is 36.1. The van der Waals surface area contributed by atoms with Crippen molar-refractivity contribution in [1.82, 2.24) is 23.7 Å². The number of benzene rings is 8. The Morgan fingerprint density at radius 1 is 0.418 bits per heavy atom. The average molecular weight is 855 g/mol. The second kappa shape index (κ2) is 13.2. The Morgan fingerprint density at radius 2 is 0.985 bits per heavy atom. The molecule has 1 unspecified atom stereocenters. The van der Waals surface area contributed by atoms with E-state index < -0.39 is 5.41 Å². The fraction of sp³-hybridized carbons (Fsp3) is 0.0167. The van der Waals surface area contributed by atoms with Gasteiger partial charge in [-0.05, 0) is 84.4 Å². The minimum absolute atomic E-state index is 0.622. The molecule has 6 heterocycles. The quantitative estimate of drug-likeness (QED) is 0.177. The number of ether oxygens (including phenoxy) is 1. The molecular formula is C60H34N6O. The summed E-state index contributed by atoms with van der Waals surface area (Å²) in [6.45, 7) is 0. The number of rotatable bonds is 3. The molecular weight excluding hydrogens is 821 g/mol. The molecule has 0 radical (unpaired) electrons. The molecule has 67 heavy (non-hydrogen) atoms. The number of aromatic nitrogens is 5. The van der Waals surface area contributed by atoms with Gasteiger partial charge in [-0.15, -0.1) is 0 Å². The summed E-state index contributed by atoms with van der Waals surface area (Å²) in [4.78, 5) is 10.6. The van der Waals surface area contributed by atoms with Crippen molar-refractivity contribution in [2.75, 3.05) is 0 Å². The van der Waals surface area contributed by atoms with Gasteiger partial charge in [-0.3, -0.25) is 9.97 Å². The zero-order chi connectivity index (χ0) is 44.0. The molecule has 2 aliphatic rings. The third-order valence-electron chi connectivity index (χ3n) is 14.4. The highest BCUT2D eigenvalue weighted by molar-refractivity contribution is 6.12. The predicted octanol–water partition coefficient (Wildman–Crippen LogP) is 14.1. The van der Waals surface area contributed by atoms with E-state index in [9.17, 15) is 5.26 Å². The Hall–Kier alpha value is -9.25. The fourth-order valence-electron chi connectivity index (χ4n) is 11.8. The number of hydrogen-bond acceptors (Lipinski definition) is 4. The van der Waals surface area contributed by atoms with Gasteiger partial charge in [-0.1, -0.05) is 109 Å². The highest BCUT2D eigenvalue weighted by Crippen LogP contribution is 2.63. The van der Waals surface area contributed by atoms with E-state index in [4.69, 9.17) is 14.7 Å². The maximum Gasteiger partial charge on any atom is 0.134 e. The van der Waals surface area contributed by atoms with Crippen LogP contribution in [0.2, 0.25) is 0 Å². The van der Waals surface area contributed by atoms with Gasteiger partial charge < -0.3 is 18.4 Å². The van der Waals surface area contributed by atoms with Crippen LogP contribution in [0.4, 0.5) is 0 Å². The molecule has 1 aliphatic heterocycles. The molecule has 310 valence electrons. The van der Waals surface area contributed by atoms with Crippen LogP contribution in [0.5, 0.6) is 11.5 Å². The highest BCUT2D eigenvalue weighted by atomic mass is 16.5. The molecule has 7 nitrogen and oxygen atoms in total. The zero-order valence-corrected chi connectivity index (χ0v) is 35.7. The Kier molecular flexibility index (Phi) is 7.10. The van der Waals surface area contributed by atoms with E-state index in [1.54, 1.807) is 0 Å². The number of fused-ring (bicyclic) bond motifs is 18. The van der Waals surface area contributed by atoms with Crippen LogP contribution < -0.4 is 4.74 Å². The van der Waals surface area contributed by atoms with E-state index in [1.165, 1.54) is 21.5 Å². The minimum atomic E-state index is -0.944. The molecule has 1 atom stereocenters. The summed E-state index contributed by atoms with van der Waals surface area (Å²) in [5.74, 6) is 1.53. The first-order valence-corrected chi connectivity index (χ1v) is 22.5. The number of nitrogens with zero attached hydrogens (tertiary/aromatic N) is 6. The van der Waals surface area contributed by atoms with E-state index in [2.05, 4.69) is 202 Å². The molecule has 8 aromatic carbocycles. The maximum absolute atomic E-state index is 9.97. The summed E-state index contributed by atoms with van der Waals surface area (Å²) in [5, 5.41) is 16.8. The van der Waals surface area contributed by atoms with Crippen molar-refractivity contribution in [1.29, 1.82) is 5.26 Å². The van der Waals surface area contributed by atoms with Crippen LogP contribution in [0.3, 0.4) is 0 Å². The van der Waals surface area contributed by atoms with Crippen LogP contribution in [0.1, 0.15) is 27.8 Å². The van der Waals surface area contributed by atoms with Crippen molar-refractivity contribution in [3.05, 3.63) is 234 Å². The summed E-state index contributed by atoms with van der Waals surface area (Å²) >= 11 is 0. The molecule has 15 rings (SSSR count). The third kappa shape index (κ3) is 4.63. The van der Waals surface area contributed by atoms with Crippen molar-refractivity contribution in [2.24, 2.45) is 0 Å². The number of para-hydroxylation sites is 5. The number of nitriles is 1. The van der Waals surface area contributed by atoms with Crippen LogP contribution in [0.25, 0.3) is 93.9 Å². The summed E-state index contributed by atoms with van der Waals surface area (Å²) < 4.78 is 14.4. The molecule has 1 spiro atoms. The van der Waals surface area contributed by atoms with E-state index in [-0.39, 0.29) is 0 Å². The Balaban J connectivity index is 1.08. The fourth-order valence-corrected chi connectivity index (χ4v) is 11.8. The van der Waals surface area contributed by atoms with E-state index >= 15 is 0 Å². The largest absolute Gasteiger partial charge is 0.457 e. The number of hydrogen-bond donors (Lipinski definition) is 0. The predicted molar refractivity (Wildman–Crippen MR) is 267 cm³/mol. The first-order chi connectivity index (χ1) is 33.2. The molecule has 0 fully saturated rings. The lowest BCUT2D eigenvalue weighted by Gasteiger charge is -2.40. The lowest BCUT2D eigenvalue weighted by Crippen LogP contribution is -2.34. The van der Waals surface area contributed by atoms with E-state index in [0.29, 0.717) is 5.56 Å². The monoisotopic (exact) mass is 854 g/mol. The van der Waals surface area contributed by atoms with Crippen LogP contribution in [-0.4, -0.2) is 23.7 Å². The maximum atomic E-state index is 9.97. The van der Waals surface area contributed by atoms with Crippen molar-refractivity contribution >= 4 is 65.4 Å². The van der Waals surface area contributed by atoms with Gasteiger partial charge in [0.25, 0.3) is 0 Å². The van der Waals surface area contributed by atoms with Gasteiger partial charge in [0.2, 0.25) is 0 Å². The summed E-state index contributed by atoms with van der Waals surface area (Å²) in [5.41, 5.74) is 14.9. The van der Waals surface area contributed by atoms with Crippen LogP contribution in [0.15, 0.2) is 207 Å². The molecule has 0 amide bonds. The molecule has 13 aromatic rings. The van der Waals surface area contributed by atoms with Gasteiger partial charge >= 0.3 is 0 Å². The van der Waals surface area contributed by atoms with Gasteiger partial charge in [0.05, 0.1) is 79.1 Å². The van der Waals surface area contributed by atoms with Gasteiger partial charge in [0, 0.05) is 67.0 Å². The van der Waals surface area contributed by atoms with Gasteiger partial charge in [0.15, 0.2) is 0 Å². The van der Waals surface area contributed by atoms with Gasteiger partial charge in [-0.2, -0.15) is 5.26 Å². The molecule has 0 saturated carbocycles. The topological polar surface area (TPSA) is 73.6 Å². The normalized spacial score (nSPS) is 14.7. The summed E-state index contributed by atoms with van der Waals surface area (Å²) in [6.07, 6.45) is 3.86. The third-order valence-corrected chi connectivity index (χ3v) is 14.4. The first-order valence-electron chi connectivity index (χ1n) is 22.5. The van der Waals surface area contributed by atoms with E-state index in [0.717, 1.165) is 106 Å². The molecule has 1 aliphatic carbocycles. The van der Waals surface area contributed by atoms with Crippen LogP contribution in [0, 0.1) is 11.3 Å². The number of pyridine rings is 2. The lowest BCUT2D eigenvalue weighted by atomic mass is 9.65. The average Bonchev–Trinajstić information content (AvgIpc) is 4.10. The van der Waals surface area contributed by atoms with Gasteiger partial charge in [-0.25, -0.2) is 0 Å². The summed E-state index contributed by atoms with van der Waals surface area (Å²) in [7, 11) is 0. The van der Waals surface area contributed by atoms with Crippen molar-refractivity contribution in [3.63, 3.8) is 0 Å². The Bertz CT molecular complexity index is 4250. The van der Waals surface area contributed by atoms with Gasteiger partial charge in [0.1, 0.15) is 11.5 Å². The molecule has 5 aromatic heterocycles. The lowest BCUT2D eigenvalue weighted by molar-refractivity contribution is 0.435. The molecule has 0 bridgehead atoms. The Morgan fingerprint density at radius 3 is 1.63 bits per heavy atom. The smallest absolute Gasteiger partial charge is 0.134 e.